The van der Waals surface area contributed by atoms with Crippen molar-refractivity contribution in [2.75, 3.05) is 31.5 Å². The van der Waals surface area contributed by atoms with Gasteiger partial charge in [0.15, 0.2) is 0 Å². The molecule has 1 aliphatic rings. The number of aromatic nitrogens is 1. The van der Waals surface area contributed by atoms with Gasteiger partial charge in [0.1, 0.15) is 17.9 Å². The largest absolute Gasteiger partial charge is 0.369 e. The van der Waals surface area contributed by atoms with Gasteiger partial charge in [-0.05, 0) is 18.6 Å². The van der Waals surface area contributed by atoms with E-state index in [0.29, 0.717) is 37.4 Å². The van der Waals surface area contributed by atoms with E-state index in [2.05, 4.69) is 27.1 Å². The molecule has 1 atom stereocenters. The quantitative estimate of drug-likeness (QED) is 0.611. The minimum Gasteiger partial charge on any atom is -0.369 e. The second-order valence-electron chi connectivity index (χ2n) is 4.75. The van der Waals surface area contributed by atoms with Crippen molar-refractivity contribution >= 4 is 11.7 Å². The second-order valence-corrected chi connectivity index (χ2v) is 4.75. The molecule has 0 saturated carbocycles. The summed E-state index contributed by atoms with van der Waals surface area (Å²) < 4.78 is 0. The predicted molar refractivity (Wildman–Crippen MR) is 79.2 cm³/mol. The summed E-state index contributed by atoms with van der Waals surface area (Å²) in [4.78, 5) is 16.0. The van der Waals surface area contributed by atoms with Crippen molar-refractivity contribution in [3.8, 4) is 12.1 Å². The van der Waals surface area contributed by atoms with Gasteiger partial charge < -0.3 is 10.6 Å². The molecule has 0 aromatic carbocycles. The number of anilines is 1. The van der Waals surface area contributed by atoms with Gasteiger partial charge in [0, 0.05) is 25.8 Å². The van der Waals surface area contributed by atoms with Crippen molar-refractivity contribution in [1.82, 2.24) is 20.7 Å². The van der Waals surface area contributed by atoms with Crippen molar-refractivity contribution in [2.24, 2.45) is 0 Å². The third-order valence-corrected chi connectivity index (χ3v) is 3.21. The van der Waals surface area contributed by atoms with Gasteiger partial charge in [-0.1, -0.05) is 0 Å². The number of nitrogens with zero attached hydrogens (tertiary/aromatic N) is 4. The van der Waals surface area contributed by atoms with Crippen LogP contribution in [0.1, 0.15) is 12.0 Å². The van der Waals surface area contributed by atoms with Crippen LogP contribution in [0.25, 0.3) is 0 Å². The van der Waals surface area contributed by atoms with Crippen LogP contribution in [0.15, 0.2) is 18.3 Å². The number of nitrogens with one attached hydrogen (secondary N) is 3. The molecule has 1 amide bonds. The number of hydrogen-bond donors (Lipinski definition) is 3. The first kappa shape index (κ1) is 15.7. The summed E-state index contributed by atoms with van der Waals surface area (Å²) in [5.74, 6) is 0.540. The lowest BCUT2D eigenvalue weighted by atomic mass is 10.2. The van der Waals surface area contributed by atoms with E-state index in [1.54, 1.807) is 12.1 Å². The number of rotatable bonds is 6. The highest BCUT2D eigenvalue weighted by Gasteiger charge is 2.27. The van der Waals surface area contributed by atoms with Gasteiger partial charge in [0.05, 0.1) is 18.2 Å². The molecule has 8 heteroatoms. The van der Waals surface area contributed by atoms with E-state index in [0.717, 1.165) is 0 Å². The molecule has 0 aliphatic carbocycles. The fourth-order valence-corrected chi connectivity index (χ4v) is 2.07. The Hall–Kier alpha value is -2.68. The van der Waals surface area contributed by atoms with Crippen LogP contribution in [0, 0.1) is 22.7 Å². The smallest absolute Gasteiger partial charge is 0.251 e. The number of carbonyl (C=O) groups is 1. The third-order valence-electron chi connectivity index (χ3n) is 3.21. The molecule has 1 saturated heterocycles. The van der Waals surface area contributed by atoms with Crippen LogP contribution in [-0.2, 0) is 4.79 Å². The second kappa shape index (κ2) is 7.93. The lowest BCUT2D eigenvalue weighted by molar-refractivity contribution is -0.132. The zero-order valence-corrected chi connectivity index (χ0v) is 12.0. The average molecular weight is 299 g/mol. The van der Waals surface area contributed by atoms with Crippen LogP contribution < -0.4 is 16.1 Å². The van der Waals surface area contributed by atoms with E-state index in [9.17, 15) is 4.79 Å². The zero-order chi connectivity index (χ0) is 15.8. The first-order valence-electron chi connectivity index (χ1n) is 7.00. The Morgan fingerprint density at radius 2 is 2.32 bits per heavy atom. The molecule has 22 heavy (non-hydrogen) atoms. The van der Waals surface area contributed by atoms with E-state index in [1.807, 2.05) is 6.07 Å². The van der Waals surface area contributed by atoms with E-state index >= 15 is 0 Å². The van der Waals surface area contributed by atoms with E-state index in [4.69, 9.17) is 10.5 Å². The lowest BCUT2D eigenvalue weighted by Crippen LogP contribution is -2.46. The van der Waals surface area contributed by atoms with Crippen molar-refractivity contribution in [2.45, 2.75) is 12.5 Å². The molecule has 0 bridgehead atoms. The Morgan fingerprint density at radius 1 is 1.45 bits per heavy atom. The summed E-state index contributed by atoms with van der Waals surface area (Å²) in [6.45, 7) is 2.00. The molecule has 2 heterocycles. The summed E-state index contributed by atoms with van der Waals surface area (Å²) in [5, 5.41) is 25.1. The fraction of sp³-hybridized carbons (Fsp3) is 0.429. The summed E-state index contributed by atoms with van der Waals surface area (Å²) in [6.07, 6.45) is 2.16. The summed E-state index contributed by atoms with van der Waals surface area (Å²) in [6, 6.07) is 7.14. The highest BCUT2D eigenvalue weighted by Crippen LogP contribution is 2.07. The molecular formula is C14H17N7O. The maximum atomic E-state index is 11.9. The van der Waals surface area contributed by atoms with E-state index in [1.165, 1.54) is 11.2 Å². The van der Waals surface area contributed by atoms with Gasteiger partial charge in [-0.3, -0.25) is 9.80 Å². The third kappa shape index (κ3) is 4.16. The van der Waals surface area contributed by atoms with Gasteiger partial charge in [0.2, 0.25) is 0 Å². The van der Waals surface area contributed by atoms with Gasteiger partial charge in [-0.25, -0.2) is 10.4 Å². The molecule has 1 aromatic heterocycles. The molecule has 0 radical (unpaired) electrons. The molecule has 114 valence electrons. The molecular weight excluding hydrogens is 282 g/mol. The SMILES string of the molecule is N#Cc1ccc(NCCNCC(=O)N2NCC[C@H]2C#N)nc1. The van der Waals surface area contributed by atoms with Gasteiger partial charge in [-0.2, -0.15) is 10.5 Å². The number of nitriles is 2. The summed E-state index contributed by atoms with van der Waals surface area (Å²) >= 11 is 0. The molecule has 0 unspecified atom stereocenters. The standard InChI is InChI=1S/C14H17N7O/c15-7-11-1-2-13(19-9-11)18-6-5-17-10-14(22)21-12(8-16)3-4-20-21/h1-2,9,12,17,20H,3-6,10H2,(H,18,19)/t12-/m0/s1. The molecule has 1 fully saturated rings. The van der Waals surface area contributed by atoms with Crippen LogP contribution in [0.2, 0.25) is 0 Å². The van der Waals surface area contributed by atoms with Crippen LogP contribution in [-0.4, -0.2) is 48.1 Å². The van der Waals surface area contributed by atoms with E-state index in [-0.39, 0.29) is 18.5 Å². The minimum atomic E-state index is -0.379. The van der Waals surface area contributed by atoms with Crippen LogP contribution in [0.4, 0.5) is 5.82 Å². The van der Waals surface area contributed by atoms with Crippen molar-refractivity contribution in [3.63, 3.8) is 0 Å². The number of hydrazine groups is 1. The fourth-order valence-electron chi connectivity index (χ4n) is 2.07. The highest BCUT2D eigenvalue weighted by molar-refractivity contribution is 5.78. The predicted octanol–water partition coefficient (Wildman–Crippen LogP) is -0.416. The monoisotopic (exact) mass is 299 g/mol. The molecule has 1 aliphatic heterocycles. The summed E-state index contributed by atoms with van der Waals surface area (Å²) in [5.41, 5.74) is 3.42. The number of pyridine rings is 1. The normalized spacial score (nSPS) is 16.8. The van der Waals surface area contributed by atoms with Gasteiger partial charge in [-0.15, -0.1) is 0 Å². The average Bonchev–Trinajstić information content (AvgIpc) is 3.03. The van der Waals surface area contributed by atoms with Crippen molar-refractivity contribution in [1.29, 1.82) is 10.5 Å². The Morgan fingerprint density at radius 3 is 3.00 bits per heavy atom. The van der Waals surface area contributed by atoms with Crippen LogP contribution in [0.5, 0.6) is 0 Å². The van der Waals surface area contributed by atoms with Gasteiger partial charge in [0.25, 0.3) is 5.91 Å². The Balaban J connectivity index is 1.64. The maximum Gasteiger partial charge on any atom is 0.251 e. The first-order valence-corrected chi connectivity index (χ1v) is 7.00. The maximum absolute atomic E-state index is 11.9. The van der Waals surface area contributed by atoms with Crippen LogP contribution in [0.3, 0.4) is 0 Å². The number of amides is 1. The summed E-state index contributed by atoms with van der Waals surface area (Å²) in [7, 11) is 0. The Labute approximate surface area is 128 Å². The minimum absolute atomic E-state index is 0.138. The number of hydrogen-bond acceptors (Lipinski definition) is 7. The first-order chi connectivity index (χ1) is 10.7. The lowest BCUT2D eigenvalue weighted by Gasteiger charge is -2.19. The van der Waals surface area contributed by atoms with Gasteiger partial charge >= 0.3 is 0 Å². The Bertz CT molecular complexity index is 587. The Kier molecular flexibility index (Phi) is 5.66. The van der Waals surface area contributed by atoms with Crippen molar-refractivity contribution in [3.05, 3.63) is 23.9 Å². The zero-order valence-electron chi connectivity index (χ0n) is 12.0. The molecule has 8 nitrogen and oxygen atoms in total. The van der Waals surface area contributed by atoms with Crippen molar-refractivity contribution < 1.29 is 4.79 Å². The van der Waals surface area contributed by atoms with E-state index < -0.39 is 0 Å². The number of carbonyl (C=O) groups excluding carboxylic acids is 1. The highest BCUT2D eigenvalue weighted by atomic mass is 16.2. The molecule has 1 aromatic rings. The molecule has 0 spiro atoms. The molecule has 2 rings (SSSR count). The topological polar surface area (TPSA) is 117 Å². The van der Waals surface area contributed by atoms with Crippen LogP contribution >= 0.6 is 0 Å². The molecule has 3 N–H and O–H groups in total.